The summed E-state index contributed by atoms with van der Waals surface area (Å²) in [4.78, 5) is 24.3. The molecule has 0 aliphatic rings. The highest BCUT2D eigenvalue weighted by Crippen LogP contribution is 2.14. The Bertz CT molecular complexity index is 953. The van der Waals surface area contributed by atoms with Crippen molar-refractivity contribution in [3.8, 4) is 0 Å². The predicted octanol–water partition coefficient (Wildman–Crippen LogP) is 1.69. The molecule has 0 saturated carbocycles. The first-order valence-corrected chi connectivity index (χ1v) is 9.74. The van der Waals surface area contributed by atoms with Crippen molar-refractivity contribution in [3.05, 3.63) is 64.7 Å². The van der Waals surface area contributed by atoms with Crippen LogP contribution in [-0.4, -0.2) is 38.1 Å². The zero-order valence-corrected chi connectivity index (χ0v) is 16.6. The molecule has 0 aliphatic carbocycles. The maximum Gasteiger partial charge on any atom is 0.269 e. The van der Waals surface area contributed by atoms with Crippen molar-refractivity contribution in [3.63, 3.8) is 0 Å². The van der Waals surface area contributed by atoms with Crippen LogP contribution in [-0.2, 0) is 14.8 Å². The number of nitrogens with zero attached hydrogens (tertiary/aromatic N) is 1. The van der Waals surface area contributed by atoms with E-state index in [2.05, 4.69) is 10.9 Å². The smallest absolute Gasteiger partial charge is 0.269 e. The summed E-state index contributed by atoms with van der Waals surface area (Å²) in [6.07, 6.45) is 0. The molecule has 0 atom stereocenters. The molecular weight excluding hydrogens is 366 g/mol. The van der Waals surface area contributed by atoms with Gasteiger partial charge in [0.15, 0.2) is 0 Å². The number of hydrogen-bond donors (Lipinski definition) is 2. The molecule has 0 bridgehead atoms. The second-order valence-corrected chi connectivity index (χ2v) is 8.44. The number of hydrazine groups is 1. The first-order valence-electron chi connectivity index (χ1n) is 8.30. The van der Waals surface area contributed by atoms with E-state index in [1.165, 1.54) is 19.2 Å². The molecule has 144 valence electrons. The van der Waals surface area contributed by atoms with Gasteiger partial charge in [0.2, 0.25) is 10.0 Å². The number of aryl methyl sites for hydroxylation is 3. The lowest BCUT2D eigenvalue weighted by Crippen LogP contribution is -2.46. The van der Waals surface area contributed by atoms with E-state index in [9.17, 15) is 18.0 Å². The standard InChI is InChI=1S/C19H23N3O4S/c1-13-6-9-16(10-7-13)27(25,26)22(4)12-18(23)20-21-19(24)17-11-14(2)5-8-15(17)3/h5-11H,12H2,1-4H3,(H,20,23)(H,21,24). The molecule has 0 saturated heterocycles. The summed E-state index contributed by atoms with van der Waals surface area (Å²) >= 11 is 0. The third kappa shape index (κ3) is 5.15. The topological polar surface area (TPSA) is 95.6 Å². The second-order valence-electron chi connectivity index (χ2n) is 6.39. The number of sulfonamides is 1. The number of rotatable bonds is 5. The van der Waals surface area contributed by atoms with Gasteiger partial charge < -0.3 is 0 Å². The Morgan fingerprint density at radius 2 is 1.52 bits per heavy atom. The monoisotopic (exact) mass is 389 g/mol. The Morgan fingerprint density at radius 3 is 2.15 bits per heavy atom. The van der Waals surface area contributed by atoms with E-state index in [0.717, 1.165) is 21.0 Å². The van der Waals surface area contributed by atoms with Crippen LogP contribution < -0.4 is 10.9 Å². The van der Waals surface area contributed by atoms with Gasteiger partial charge in [-0.3, -0.25) is 20.4 Å². The summed E-state index contributed by atoms with van der Waals surface area (Å²) in [5.41, 5.74) is 7.62. The van der Waals surface area contributed by atoms with Crippen molar-refractivity contribution < 1.29 is 18.0 Å². The Morgan fingerprint density at radius 1 is 0.926 bits per heavy atom. The Hall–Kier alpha value is -2.71. The van der Waals surface area contributed by atoms with E-state index in [-0.39, 0.29) is 4.90 Å². The summed E-state index contributed by atoms with van der Waals surface area (Å²) < 4.78 is 25.9. The van der Waals surface area contributed by atoms with Crippen LogP contribution in [0.1, 0.15) is 27.0 Å². The molecule has 2 rings (SSSR count). The van der Waals surface area contributed by atoms with Gasteiger partial charge in [-0.15, -0.1) is 0 Å². The van der Waals surface area contributed by atoms with E-state index < -0.39 is 28.4 Å². The SMILES string of the molecule is Cc1ccc(S(=O)(=O)N(C)CC(=O)NNC(=O)c2cc(C)ccc2C)cc1. The maximum atomic E-state index is 12.5. The van der Waals surface area contributed by atoms with Gasteiger partial charge >= 0.3 is 0 Å². The van der Waals surface area contributed by atoms with E-state index >= 15 is 0 Å². The Kier molecular flexibility index (Phi) is 6.35. The number of carbonyl (C=O) groups is 2. The fourth-order valence-corrected chi connectivity index (χ4v) is 3.52. The van der Waals surface area contributed by atoms with Crippen LogP contribution in [0.3, 0.4) is 0 Å². The quantitative estimate of drug-likeness (QED) is 0.761. The molecule has 0 radical (unpaired) electrons. The van der Waals surface area contributed by atoms with Gasteiger partial charge in [-0.2, -0.15) is 4.31 Å². The Balaban J connectivity index is 1.97. The van der Waals surface area contributed by atoms with Crippen LogP contribution in [0.2, 0.25) is 0 Å². The summed E-state index contributed by atoms with van der Waals surface area (Å²) in [7, 11) is -2.49. The Labute approximate surface area is 159 Å². The first kappa shape index (κ1) is 20.6. The van der Waals surface area contributed by atoms with Gasteiger partial charge in [0, 0.05) is 12.6 Å². The molecule has 0 fully saturated rings. The van der Waals surface area contributed by atoms with E-state index in [0.29, 0.717) is 5.56 Å². The van der Waals surface area contributed by atoms with Crippen LogP contribution in [0, 0.1) is 20.8 Å². The van der Waals surface area contributed by atoms with E-state index in [1.807, 2.05) is 26.0 Å². The molecule has 0 heterocycles. The lowest BCUT2D eigenvalue weighted by atomic mass is 10.1. The first-order chi connectivity index (χ1) is 12.6. The average Bonchev–Trinajstić information content (AvgIpc) is 2.62. The van der Waals surface area contributed by atoms with Crippen molar-refractivity contribution in [2.24, 2.45) is 0 Å². The molecule has 0 unspecified atom stereocenters. The van der Waals surface area contributed by atoms with Crippen molar-refractivity contribution in [2.45, 2.75) is 25.7 Å². The van der Waals surface area contributed by atoms with Gasteiger partial charge in [-0.05, 0) is 44.5 Å². The molecule has 2 amide bonds. The minimum absolute atomic E-state index is 0.0998. The molecule has 2 aromatic rings. The van der Waals surface area contributed by atoms with E-state index in [1.54, 1.807) is 25.1 Å². The minimum Gasteiger partial charge on any atom is -0.272 e. The van der Waals surface area contributed by atoms with Gasteiger partial charge in [0.1, 0.15) is 0 Å². The van der Waals surface area contributed by atoms with Crippen LogP contribution in [0.25, 0.3) is 0 Å². The normalized spacial score (nSPS) is 11.3. The highest BCUT2D eigenvalue weighted by atomic mass is 32.2. The zero-order valence-electron chi connectivity index (χ0n) is 15.7. The number of amides is 2. The number of likely N-dealkylation sites (N-methyl/N-ethyl adjacent to an activating group) is 1. The molecule has 7 nitrogen and oxygen atoms in total. The largest absolute Gasteiger partial charge is 0.272 e. The third-order valence-corrected chi connectivity index (χ3v) is 5.87. The molecule has 0 spiro atoms. The highest BCUT2D eigenvalue weighted by Gasteiger charge is 2.23. The van der Waals surface area contributed by atoms with Crippen molar-refractivity contribution >= 4 is 21.8 Å². The lowest BCUT2D eigenvalue weighted by Gasteiger charge is -2.17. The van der Waals surface area contributed by atoms with Crippen molar-refractivity contribution in [1.82, 2.24) is 15.2 Å². The molecule has 27 heavy (non-hydrogen) atoms. The number of hydrogen-bond acceptors (Lipinski definition) is 4. The highest BCUT2D eigenvalue weighted by molar-refractivity contribution is 7.89. The van der Waals surface area contributed by atoms with Crippen molar-refractivity contribution in [1.29, 1.82) is 0 Å². The number of benzene rings is 2. The molecule has 0 aliphatic heterocycles. The molecule has 2 aromatic carbocycles. The molecule has 0 aromatic heterocycles. The fourth-order valence-electron chi connectivity index (χ4n) is 2.39. The molecule has 8 heteroatoms. The summed E-state index contributed by atoms with van der Waals surface area (Å²) in [6.45, 7) is 5.08. The second kappa shape index (κ2) is 8.32. The number of carbonyl (C=O) groups excluding carboxylic acids is 2. The fraction of sp³-hybridized carbons (Fsp3) is 0.263. The van der Waals surface area contributed by atoms with Crippen LogP contribution in [0.15, 0.2) is 47.4 Å². The van der Waals surface area contributed by atoms with Gasteiger partial charge in [0.25, 0.3) is 11.8 Å². The van der Waals surface area contributed by atoms with Gasteiger partial charge in [-0.1, -0.05) is 35.4 Å². The lowest BCUT2D eigenvalue weighted by molar-refractivity contribution is -0.121. The average molecular weight is 389 g/mol. The zero-order chi connectivity index (χ0) is 20.2. The summed E-state index contributed by atoms with van der Waals surface area (Å²) in [5, 5.41) is 0. The summed E-state index contributed by atoms with van der Waals surface area (Å²) in [6, 6.07) is 11.8. The van der Waals surface area contributed by atoms with E-state index in [4.69, 9.17) is 0 Å². The van der Waals surface area contributed by atoms with Crippen LogP contribution >= 0.6 is 0 Å². The molecule has 2 N–H and O–H groups in total. The van der Waals surface area contributed by atoms with Gasteiger partial charge in [-0.25, -0.2) is 8.42 Å². The predicted molar refractivity (Wildman–Crippen MR) is 103 cm³/mol. The maximum absolute atomic E-state index is 12.5. The van der Waals surface area contributed by atoms with Crippen LogP contribution in [0.5, 0.6) is 0 Å². The third-order valence-electron chi connectivity index (χ3n) is 4.05. The molecular formula is C19H23N3O4S. The van der Waals surface area contributed by atoms with Crippen molar-refractivity contribution in [2.75, 3.05) is 13.6 Å². The summed E-state index contributed by atoms with van der Waals surface area (Å²) in [5.74, 6) is -1.11. The minimum atomic E-state index is -3.79. The van der Waals surface area contributed by atoms with Crippen LogP contribution in [0.4, 0.5) is 0 Å². The number of nitrogens with one attached hydrogen (secondary N) is 2. The van der Waals surface area contributed by atoms with Gasteiger partial charge in [0.05, 0.1) is 11.4 Å².